The minimum Gasteiger partial charge on any atom is -0.348 e. The summed E-state index contributed by atoms with van der Waals surface area (Å²) >= 11 is 0. The van der Waals surface area contributed by atoms with E-state index in [4.69, 9.17) is 0 Å². The van der Waals surface area contributed by atoms with E-state index in [0.717, 1.165) is 18.7 Å². The predicted octanol–water partition coefficient (Wildman–Crippen LogP) is 0.717. The summed E-state index contributed by atoms with van der Waals surface area (Å²) in [6.07, 6.45) is 9.37. The number of pyridine rings is 1. The summed E-state index contributed by atoms with van der Waals surface area (Å²) < 4.78 is 1.91. The van der Waals surface area contributed by atoms with E-state index >= 15 is 0 Å². The van der Waals surface area contributed by atoms with Crippen LogP contribution in [0.15, 0.2) is 43.2 Å². The van der Waals surface area contributed by atoms with Crippen molar-refractivity contribution < 1.29 is 9.59 Å². The second-order valence-electron chi connectivity index (χ2n) is 8.41. The number of likely N-dealkylation sites (tertiary alicyclic amines) is 2. The van der Waals surface area contributed by atoms with Gasteiger partial charge in [0.2, 0.25) is 11.8 Å². The average molecular weight is 396 g/mol. The quantitative estimate of drug-likeness (QED) is 0.719. The maximum Gasteiger partial charge on any atom is 0.231 e. The van der Waals surface area contributed by atoms with Gasteiger partial charge in [-0.1, -0.05) is 6.07 Å². The summed E-state index contributed by atoms with van der Waals surface area (Å²) in [4.78, 5) is 40.1. The molecule has 4 heterocycles. The Hall–Kier alpha value is -2.74. The van der Waals surface area contributed by atoms with Gasteiger partial charge < -0.3 is 14.4 Å². The first kappa shape index (κ1) is 19.6. The van der Waals surface area contributed by atoms with Gasteiger partial charge in [0.1, 0.15) is 0 Å². The maximum atomic E-state index is 13.2. The standard InChI is InChI=1S/C21H28N6O2/c1-24(2)20(29)21-14-26(11-17-4-3-6-22-10-17)12-18(21)13-27(15-21)19(28)5-8-25-9-7-23-16-25/h3-4,6-7,9-10,16,18H,5,8,11-15H2,1-2H3/t18-,21-/m0/s1. The van der Waals surface area contributed by atoms with Crippen molar-refractivity contribution in [2.24, 2.45) is 11.3 Å². The van der Waals surface area contributed by atoms with Gasteiger partial charge in [0.15, 0.2) is 0 Å². The van der Waals surface area contributed by atoms with Crippen LogP contribution >= 0.6 is 0 Å². The number of rotatable bonds is 6. The molecule has 4 rings (SSSR count). The Labute approximate surface area is 171 Å². The third kappa shape index (κ3) is 3.89. The zero-order chi connectivity index (χ0) is 20.4. The number of carbonyl (C=O) groups excluding carboxylic acids is 2. The third-order valence-corrected chi connectivity index (χ3v) is 6.14. The molecule has 2 amide bonds. The van der Waals surface area contributed by atoms with E-state index in [-0.39, 0.29) is 17.7 Å². The van der Waals surface area contributed by atoms with Crippen LogP contribution in [0, 0.1) is 11.3 Å². The van der Waals surface area contributed by atoms with E-state index < -0.39 is 5.41 Å². The lowest BCUT2D eigenvalue weighted by Gasteiger charge is -2.31. The van der Waals surface area contributed by atoms with E-state index in [2.05, 4.69) is 20.9 Å². The molecule has 8 heteroatoms. The van der Waals surface area contributed by atoms with Gasteiger partial charge in [0.25, 0.3) is 0 Å². The molecule has 2 aromatic rings. The van der Waals surface area contributed by atoms with Crippen LogP contribution in [0.3, 0.4) is 0 Å². The molecule has 0 aliphatic carbocycles. The molecule has 2 aliphatic rings. The molecule has 2 fully saturated rings. The lowest BCUT2D eigenvalue weighted by Crippen LogP contribution is -2.47. The van der Waals surface area contributed by atoms with E-state index in [1.54, 1.807) is 37.7 Å². The Morgan fingerprint density at radius 3 is 2.76 bits per heavy atom. The molecule has 0 aromatic carbocycles. The third-order valence-electron chi connectivity index (χ3n) is 6.14. The molecular formula is C21H28N6O2. The van der Waals surface area contributed by atoms with Crippen molar-refractivity contribution in [3.8, 4) is 0 Å². The summed E-state index contributed by atoms with van der Waals surface area (Å²) in [5.74, 6) is 0.394. The Balaban J connectivity index is 1.45. The fourth-order valence-corrected chi connectivity index (χ4v) is 4.78. The molecule has 0 unspecified atom stereocenters. The topological polar surface area (TPSA) is 74.6 Å². The van der Waals surface area contributed by atoms with Crippen molar-refractivity contribution in [2.75, 3.05) is 40.3 Å². The highest BCUT2D eigenvalue weighted by Crippen LogP contribution is 2.44. The summed E-state index contributed by atoms with van der Waals surface area (Å²) in [6, 6.07) is 4.00. The minimum absolute atomic E-state index is 0.109. The van der Waals surface area contributed by atoms with Gasteiger partial charge in [-0.15, -0.1) is 0 Å². The van der Waals surface area contributed by atoms with Crippen molar-refractivity contribution in [1.82, 2.24) is 29.2 Å². The molecule has 2 saturated heterocycles. The fraction of sp³-hybridized carbons (Fsp3) is 0.524. The highest BCUT2D eigenvalue weighted by molar-refractivity contribution is 5.86. The van der Waals surface area contributed by atoms with Gasteiger partial charge in [-0.3, -0.25) is 19.5 Å². The Morgan fingerprint density at radius 1 is 1.21 bits per heavy atom. The van der Waals surface area contributed by atoms with Gasteiger partial charge in [-0.2, -0.15) is 0 Å². The van der Waals surface area contributed by atoms with Crippen LogP contribution in [-0.4, -0.2) is 81.3 Å². The van der Waals surface area contributed by atoms with Gasteiger partial charge in [-0.25, -0.2) is 4.98 Å². The number of hydrogen-bond acceptors (Lipinski definition) is 5. The number of aryl methyl sites for hydroxylation is 1. The zero-order valence-electron chi connectivity index (χ0n) is 17.1. The molecule has 2 aliphatic heterocycles. The normalized spacial score (nSPS) is 23.9. The molecular weight excluding hydrogens is 368 g/mol. The number of imidazole rings is 1. The van der Waals surface area contributed by atoms with E-state index in [9.17, 15) is 9.59 Å². The first-order valence-electron chi connectivity index (χ1n) is 10.0. The van der Waals surface area contributed by atoms with Crippen molar-refractivity contribution in [1.29, 1.82) is 0 Å². The summed E-state index contributed by atoms with van der Waals surface area (Å²) in [6.45, 7) is 4.03. The highest BCUT2D eigenvalue weighted by Gasteiger charge is 2.58. The molecule has 154 valence electrons. The van der Waals surface area contributed by atoms with Crippen molar-refractivity contribution in [3.05, 3.63) is 48.8 Å². The first-order chi connectivity index (χ1) is 14.0. The lowest BCUT2D eigenvalue weighted by molar-refractivity contribution is -0.140. The van der Waals surface area contributed by atoms with Crippen molar-refractivity contribution in [2.45, 2.75) is 19.5 Å². The van der Waals surface area contributed by atoms with Gasteiger partial charge in [0.05, 0.1) is 11.7 Å². The summed E-state index contributed by atoms with van der Waals surface area (Å²) in [7, 11) is 3.61. The second kappa shape index (κ2) is 7.94. The molecule has 29 heavy (non-hydrogen) atoms. The Morgan fingerprint density at radius 2 is 2.07 bits per heavy atom. The molecule has 0 saturated carbocycles. The smallest absolute Gasteiger partial charge is 0.231 e. The Bertz CT molecular complexity index is 853. The van der Waals surface area contributed by atoms with Crippen LogP contribution in [0.25, 0.3) is 0 Å². The molecule has 8 nitrogen and oxygen atoms in total. The SMILES string of the molecule is CN(C)C(=O)[C@]12CN(Cc3cccnc3)C[C@H]1CN(C(=O)CCn1ccnc1)C2. The monoisotopic (exact) mass is 396 g/mol. The van der Waals surface area contributed by atoms with Crippen LogP contribution in [0.1, 0.15) is 12.0 Å². The average Bonchev–Trinajstić information content (AvgIpc) is 3.41. The minimum atomic E-state index is -0.517. The van der Waals surface area contributed by atoms with Gasteiger partial charge >= 0.3 is 0 Å². The number of carbonyl (C=O) groups is 2. The summed E-state index contributed by atoms with van der Waals surface area (Å²) in [5.41, 5.74) is 0.629. The first-order valence-corrected chi connectivity index (χ1v) is 10.0. The van der Waals surface area contributed by atoms with Crippen molar-refractivity contribution in [3.63, 3.8) is 0 Å². The maximum absolute atomic E-state index is 13.2. The van der Waals surface area contributed by atoms with Crippen LogP contribution in [0.5, 0.6) is 0 Å². The molecule has 0 spiro atoms. The van der Waals surface area contributed by atoms with Crippen LogP contribution in [0.2, 0.25) is 0 Å². The lowest BCUT2D eigenvalue weighted by atomic mass is 9.80. The van der Waals surface area contributed by atoms with Crippen LogP contribution in [-0.2, 0) is 22.7 Å². The molecule has 2 atom stereocenters. The second-order valence-corrected chi connectivity index (χ2v) is 8.41. The van der Waals surface area contributed by atoms with Crippen molar-refractivity contribution >= 4 is 11.8 Å². The van der Waals surface area contributed by atoms with E-state index in [1.807, 2.05) is 27.9 Å². The van der Waals surface area contributed by atoms with E-state index in [1.165, 1.54) is 0 Å². The number of nitrogens with zero attached hydrogens (tertiary/aromatic N) is 6. The molecule has 0 bridgehead atoms. The Kier molecular flexibility index (Phi) is 5.36. The van der Waals surface area contributed by atoms with E-state index in [0.29, 0.717) is 32.6 Å². The molecule has 0 radical (unpaired) electrons. The highest BCUT2D eigenvalue weighted by atomic mass is 16.2. The summed E-state index contributed by atoms with van der Waals surface area (Å²) in [5, 5.41) is 0. The fourth-order valence-electron chi connectivity index (χ4n) is 4.78. The predicted molar refractivity (Wildman–Crippen MR) is 108 cm³/mol. The molecule has 0 N–H and O–H groups in total. The zero-order valence-corrected chi connectivity index (χ0v) is 17.1. The number of aromatic nitrogens is 3. The van der Waals surface area contributed by atoms with Crippen LogP contribution in [0.4, 0.5) is 0 Å². The van der Waals surface area contributed by atoms with Crippen LogP contribution < -0.4 is 0 Å². The van der Waals surface area contributed by atoms with Gasteiger partial charge in [-0.05, 0) is 11.6 Å². The number of hydrogen-bond donors (Lipinski definition) is 0. The van der Waals surface area contributed by atoms with Gasteiger partial charge in [0, 0.05) is 90.5 Å². The number of amides is 2. The largest absolute Gasteiger partial charge is 0.348 e. The molecule has 2 aromatic heterocycles. The number of fused-ring (bicyclic) bond motifs is 1.